The van der Waals surface area contributed by atoms with Crippen molar-refractivity contribution in [3.63, 3.8) is 0 Å². The number of anilines is 1. The van der Waals surface area contributed by atoms with Crippen LogP contribution < -0.4 is 5.32 Å². The fraction of sp³-hybridized carbons (Fsp3) is 0.217. The smallest absolute Gasteiger partial charge is 0.339 e. The maximum absolute atomic E-state index is 12.7. The van der Waals surface area contributed by atoms with Gasteiger partial charge in [0.1, 0.15) is 0 Å². The number of benzene rings is 2. The molecule has 0 atom stereocenters. The first-order valence-electron chi connectivity index (χ1n) is 9.79. The molecule has 2 amide bonds. The minimum atomic E-state index is -0.637. The fourth-order valence-corrected chi connectivity index (χ4v) is 3.08. The average Bonchev–Trinajstić information content (AvgIpc) is 3.25. The monoisotopic (exact) mass is 436 g/mol. The number of aromatic nitrogens is 2. The third kappa shape index (κ3) is 5.51. The highest BCUT2D eigenvalue weighted by Crippen LogP contribution is 2.20. The van der Waals surface area contributed by atoms with Crippen molar-refractivity contribution >= 4 is 23.7 Å². The van der Waals surface area contributed by atoms with Gasteiger partial charge in [0.05, 0.1) is 50.3 Å². The average molecular weight is 436 g/mol. The Morgan fingerprint density at radius 3 is 2.41 bits per heavy atom. The second-order valence-electron chi connectivity index (χ2n) is 7.06. The Bertz CT molecular complexity index is 1110. The third-order valence-electron chi connectivity index (χ3n) is 4.73. The van der Waals surface area contributed by atoms with Gasteiger partial charge < -0.3 is 19.7 Å². The summed E-state index contributed by atoms with van der Waals surface area (Å²) in [6.07, 6.45) is 3.57. The minimum Gasteiger partial charge on any atom is -0.465 e. The van der Waals surface area contributed by atoms with Crippen molar-refractivity contribution in [2.24, 2.45) is 0 Å². The number of amides is 2. The number of esters is 2. The molecule has 0 fully saturated rings. The van der Waals surface area contributed by atoms with Gasteiger partial charge in [0, 0.05) is 18.8 Å². The van der Waals surface area contributed by atoms with Gasteiger partial charge >= 0.3 is 18.0 Å². The van der Waals surface area contributed by atoms with Gasteiger partial charge in [-0.1, -0.05) is 30.3 Å². The zero-order valence-electron chi connectivity index (χ0n) is 18.1. The molecule has 3 rings (SSSR count). The Balaban J connectivity index is 1.70. The molecular formula is C23H24N4O5. The van der Waals surface area contributed by atoms with Crippen LogP contribution in [0.4, 0.5) is 10.5 Å². The van der Waals surface area contributed by atoms with Crippen LogP contribution in [-0.4, -0.2) is 53.9 Å². The van der Waals surface area contributed by atoms with Gasteiger partial charge in [-0.25, -0.2) is 14.4 Å². The summed E-state index contributed by atoms with van der Waals surface area (Å²) >= 11 is 0. The van der Waals surface area contributed by atoms with Crippen LogP contribution in [0.15, 0.2) is 60.9 Å². The van der Waals surface area contributed by atoms with Crippen molar-refractivity contribution in [3.8, 4) is 0 Å². The van der Waals surface area contributed by atoms with Gasteiger partial charge in [0.15, 0.2) is 0 Å². The number of hydrogen-bond acceptors (Lipinski definition) is 6. The number of carbonyl (C=O) groups excluding carboxylic acids is 3. The third-order valence-corrected chi connectivity index (χ3v) is 4.73. The van der Waals surface area contributed by atoms with E-state index in [-0.39, 0.29) is 16.8 Å². The number of rotatable bonds is 7. The van der Waals surface area contributed by atoms with Crippen LogP contribution in [0.5, 0.6) is 0 Å². The molecule has 0 aliphatic heterocycles. The van der Waals surface area contributed by atoms with E-state index in [1.54, 1.807) is 17.9 Å². The highest BCUT2D eigenvalue weighted by Gasteiger charge is 2.19. The Morgan fingerprint density at radius 1 is 1.00 bits per heavy atom. The summed E-state index contributed by atoms with van der Waals surface area (Å²) in [4.78, 5) is 38.1. The maximum atomic E-state index is 12.7. The van der Waals surface area contributed by atoms with Gasteiger partial charge in [-0.15, -0.1) is 0 Å². The van der Waals surface area contributed by atoms with Crippen LogP contribution >= 0.6 is 0 Å². The molecule has 0 bridgehead atoms. The minimum absolute atomic E-state index is 0.123. The lowest BCUT2D eigenvalue weighted by atomic mass is 10.1. The van der Waals surface area contributed by atoms with E-state index in [0.717, 1.165) is 11.1 Å². The molecule has 0 aliphatic rings. The number of urea groups is 1. The fourth-order valence-electron chi connectivity index (χ4n) is 3.08. The van der Waals surface area contributed by atoms with Crippen LogP contribution in [0.3, 0.4) is 0 Å². The molecule has 1 N–H and O–H groups in total. The van der Waals surface area contributed by atoms with Crippen LogP contribution in [0.2, 0.25) is 0 Å². The van der Waals surface area contributed by atoms with Gasteiger partial charge in [-0.05, 0) is 23.8 Å². The Kier molecular flexibility index (Phi) is 7.22. The standard InChI is InChI=1S/C23H24N4O5/c1-26(13-17-12-24-27(15-17)14-16-7-5-4-6-8-16)23(30)25-20-11-18(21(28)31-2)9-10-19(20)22(29)32-3/h4-12,15H,13-14H2,1-3H3,(H,25,30). The van der Waals surface area contributed by atoms with E-state index < -0.39 is 18.0 Å². The van der Waals surface area contributed by atoms with Crippen molar-refractivity contribution < 1.29 is 23.9 Å². The molecule has 0 aliphatic carbocycles. The Hall–Kier alpha value is -4.14. The number of ether oxygens (including phenoxy) is 2. The number of nitrogens with one attached hydrogen (secondary N) is 1. The Morgan fingerprint density at radius 2 is 1.72 bits per heavy atom. The van der Waals surface area contributed by atoms with Crippen molar-refractivity contribution in [2.75, 3.05) is 26.6 Å². The molecule has 9 heteroatoms. The molecule has 3 aromatic rings. The maximum Gasteiger partial charge on any atom is 0.339 e. The van der Waals surface area contributed by atoms with E-state index in [0.29, 0.717) is 13.1 Å². The molecule has 0 saturated carbocycles. The highest BCUT2D eigenvalue weighted by atomic mass is 16.5. The lowest BCUT2D eigenvalue weighted by Crippen LogP contribution is -2.31. The molecule has 1 aromatic heterocycles. The van der Waals surface area contributed by atoms with Crippen molar-refractivity contribution in [1.29, 1.82) is 0 Å². The van der Waals surface area contributed by atoms with E-state index in [2.05, 4.69) is 10.4 Å². The lowest BCUT2D eigenvalue weighted by Gasteiger charge is -2.18. The number of carbonyl (C=O) groups is 3. The number of nitrogens with zero attached hydrogens (tertiary/aromatic N) is 3. The molecular weight excluding hydrogens is 412 g/mol. The van der Waals surface area contributed by atoms with Gasteiger partial charge in [0.2, 0.25) is 0 Å². The van der Waals surface area contributed by atoms with Gasteiger partial charge in [0.25, 0.3) is 0 Å². The summed E-state index contributed by atoms with van der Waals surface area (Å²) in [7, 11) is 4.10. The highest BCUT2D eigenvalue weighted by molar-refractivity contribution is 6.03. The summed E-state index contributed by atoms with van der Waals surface area (Å²) in [5, 5.41) is 7.01. The van der Waals surface area contributed by atoms with Gasteiger partial charge in [-0.3, -0.25) is 4.68 Å². The first-order valence-corrected chi connectivity index (χ1v) is 9.79. The quantitative estimate of drug-likeness (QED) is 0.571. The molecule has 166 valence electrons. The lowest BCUT2D eigenvalue weighted by molar-refractivity contribution is 0.0587. The predicted octanol–water partition coefficient (Wildman–Crippen LogP) is 3.17. The molecule has 32 heavy (non-hydrogen) atoms. The summed E-state index contributed by atoms with van der Waals surface area (Å²) in [5.41, 5.74) is 2.43. The summed E-state index contributed by atoms with van der Waals surface area (Å²) < 4.78 is 11.3. The van der Waals surface area contributed by atoms with Crippen molar-refractivity contribution in [1.82, 2.24) is 14.7 Å². The van der Waals surface area contributed by atoms with Gasteiger partial charge in [-0.2, -0.15) is 5.10 Å². The van der Waals surface area contributed by atoms with Crippen LogP contribution in [-0.2, 0) is 22.6 Å². The SMILES string of the molecule is COC(=O)c1ccc(C(=O)OC)c(NC(=O)N(C)Cc2cnn(Cc3ccccc3)c2)c1. The van der Waals surface area contributed by atoms with E-state index in [4.69, 9.17) is 9.47 Å². The van der Waals surface area contributed by atoms with Crippen molar-refractivity contribution in [3.05, 3.63) is 83.2 Å². The first kappa shape index (κ1) is 22.5. The van der Waals surface area contributed by atoms with Crippen molar-refractivity contribution in [2.45, 2.75) is 13.1 Å². The molecule has 2 aromatic carbocycles. The van der Waals surface area contributed by atoms with Crippen LogP contribution in [0.1, 0.15) is 31.8 Å². The second kappa shape index (κ2) is 10.3. The molecule has 0 spiro atoms. The van der Waals surface area contributed by atoms with E-state index in [1.807, 2.05) is 36.5 Å². The molecule has 0 unspecified atom stereocenters. The summed E-state index contributed by atoms with van der Waals surface area (Å²) in [5.74, 6) is -1.22. The summed E-state index contributed by atoms with van der Waals surface area (Å²) in [6, 6.07) is 13.7. The molecule has 1 heterocycles. The topological polar surface area (TPSA) is 103 Å². The van der Waals surface area contributed by atoms with Crippen LogP contribution in [0, 0.1) is 0 Å². The largest absolute Gasteiger partial charge is 0.465 e. The number of methoxy groups -OCH3 is 2. The van der Waals surface area contributed by atoms with Crippen LogP contribution in [0.25, 0.3) is 0 Å². The normalized spacial score (nSPS) is 10.3. The zero-order chi connectivity index (χ0) is 23.1. The second-order valence-corrected chi connectivity index (χ2v) is 7.06. The zero-order valence-corrected chi connectivity index (χ0v) is 18.1. The number of hydrogen-bond donors (Lipinski definition) is 1. The van der Waals surface area contributed by atoms with E-state index in [9.17, 15) is 14.4 Å². The molecule has 9 nitrogen and oxygen atoms in total. The molecule has 0 saturated heterocycles. The van der Waals surface area contributed by atoms with E-state index in [1.165, 1.54) is 37.3 Å². The molecule has 0 radical (unpaired) electrons. The summed E-state index contributed by atoms with van der Waals surface area (Å²) in [6.45, 7) is 0.921. The van der Waals surface area contributed by atoms with E-state index >= 15 is 0 Å². The Labute approximate surface area is 185 Å². The first-order chi connectivity index (χ1) is 15.4. The predicted molar refractivity (Wildman–Crippen MR) is 117 cm³/mol.